The molecule has 0 radical (unpaired) electrons. The fourth-order valence-corrected chi connectivity index (χ4v) is 10.9. The summed E-state index contributed by atoms with van der Waals surface area (Å²) in [5.41, 5.74) is 12.1. The van der Waals surface area contributed by atoms with E-state index in [1.807, 2.05) is 12.1 Å². The summed E-state index contributed by atoms with van der Waals surface area (Å²) >= 11 is 0. The van der Waals surface area contributed by atoms with Crippen LogP contribution in [-0.2, 0) is 0 Å². The Bertz CT molecular complexity index is 4200. The predicted octanol–water partition coefficient (Wildman–Crippen LogP) is 18.4. The zero-order chi connectivity index (χ0) is 43.3. The van der Waals surface area contributed by atoms with E-state index in [1.165, 1.54) is 86.9 Å². The molecule has 0 aliphatic rings. The molecule has 1 aromatic heterocycles. The third kappa shape index (κ3) is 5.68. The number of anilines is 3. The molecule has 2 heteroatoms. The van der Waals surface area contributed by atoms with Crippen LogP contribution in [0.5, 0.6) is 0 Å². The molecule has 0 aliphatic heterocycles. The fraction of sp³-hybridized carbons (Fsp3) is 0. The van der Waals surface area contributed by atoms with Gasteiger partial charge in [-0.15, -0.1) is 0 Å². The van der Waals surface area contributed by atoms with Crippen LogP contribution in [0.3, 0.4) is 0 Å². The third-order valence-corrected chi connectivity index (χ3v) is 13.9. The largest absolute Gasteiger partial charge is 0.456 e. The minimum atomic E-state index is 0.897. The average molecular weight is 838 g/mol. The lowest BCUT2D eigenvalue weighted by atomic mass is 9.87. The first-order valence-corrected chi connectivity index (χ1v) is 22.7. The molecular weight excluding hydrogens is 799 g/mol. The zero-order valence-electron chi connectivity index (χ0n) is 35.9. The molecule has 2 nitrogen and oxygen atoms in total. The molecule has 0 fully saturated rings. The molecule has 0 saturated carbocycles. The lowest BCUT2D eigenvalue weighted by molar-refractivity contribution is 0.669. The summed E-state index contributed by atoms with van der Waals surface area (Å²) < 4.78 is 6.24. The lowest BCUT2D eigenvalue weighted by Gasteiger charge is -2.27. The zero-order valence-corrected chi connectivity index (χ0v) is 35.9. The Kier molecular flexibility index (Phi) is 8.02. The van der Waals surface area contributed by atoms with Crippen LogP contribution in [0.2, 0.25) is 0 Å². The number of fused-ring (bicyclic) bond motifs is 5. The summed E-state index contributed by atoms with van der Waals surface area (Å²) in [5, 5.41) is 17.5. The van der Waals surface area contributed by atoms with Crippen molar-refractivity contribution in [2.45, 2.75) is 0 Å². The quantitative estimate of drug-likeness (QED) is 0.155. The summed E-state index contributed by atoms with van der Waals surface area (Å²) in [6.45, 7) is 0. The van der Waals surface area contributed by atoms with Crippen molar-refractivity contribution in [2.24, 2.45) is 0 Å². The molecular formula is C64H39NO. The topological polar surface area (TPSA) is 16.4 Å². The second-order valence-electron chi connectivity index (χ2n) is 17.6. The SMILES string of the molecule is c1ccc(-c2ccc(-c3ccc(N(c4cccc(-c5ccc6oc7ccccc7c6c5)c4)c4cc5ccc6cccc7c8cccc9ccc%10cccc(c(c4)c5c67)c%10c98)cc3)cc2)cc1. The molecule has 0 bridgehead atoms. The van der Waals surface area contributed by atoms with Crippen LogP contribution in [0, 0.1) is 0 Å². The van der Waals surface area contributed by atoms with Crippen LogP contribution in [0.15, 0.2) is 241 Å². The van der Waals surface area contributed by atoms with Gasteiger partial charge in [0.2, 0.25) is 0 Å². The van der Waals surface area contributed by atoms with E-state index in [2.05, 4.69) is 229 Å². The van der Waals surface area contributed by atoms with E-state index in [0.29, 0.717) is 0 Å². The number of para-hydroxylation sites is 1. The molecule has 14 rings (SSSR count). The minimum absolute atomic E-state index is 0.897. The summed E-state index contributed by atoms with van der Waals surface area (Å²) in [6.07, 6.45) is 0. The van der Waals surface area contributed by atoms with Gasteiger partial charge in [-0.3, -0.25) is 0 Å². The Morgan fingerprint density at radius 1 is 0.227 bits per heavy atom. The normalized spacial score (nSPS) is 11.9. The number of benzene rings is 12. The van der Waals surface area contributed by atoms with Crippen molar-refractivity contribution in [2.75, 3.05) is 4.90 Å². The van der Waals surface area contributed by atoms with Gasteiger partial charge >= 0.3 is 0 Å². The van der Waals surface area contributed by atoms with Crippen molar-refractivity contribution in [3.05, 3.63) is 237 Å². The van der Waals surface area contributed by atoms with E-state index >= 15 is 0 Å². The highest BCUT2D eigenvalue weighted by molar-refractivity contribution is 6.37. The lowest BCUT2D eigenvalue weighted by Crippen LogP contribution is -2.10. The molecule has 0 atom stereocenters. The van der Waals surface area contributed by atoms with Gasteiger partial charge in [-0.1, -0.05) is 182 Å². The molecule has 66 heavy (non-hydrogen) atoms. The minimum Gasteiger partial charge on any atom is -0.456 e. The summed E-state index contributed by atoms with van der Waals surface area (Å²) in [4.78, 5) is 2.44. The predicted molar refractivity (Wildman–Crippen MR) is 281 cm³/mol. The van der Waals surface area contributed by atoms with E-state index in [-0.39, 0.29) is 0 Å². The Labute approximate surface area is 381 Å². The van der Waals surface area contributed by atoms with Crippen LogP contribution in [0.4, 0.5) is 17.1 Å². The second kappa shape index (κ2) is 14.4. The Hall–Kier alpha value is -8.72. The first kappa shape index (κ1) is 36.7. The monoisotopic (exact) mass is 837 g/mol. The summed E-state index contributed by atoms with van der Waals surface area (Å²) in [6, 6.07) is 86.9. The summed E-state index contributed by atoms with van der Waals surface area (Å²) in [5.74, 6) is 0. The first-order chi connectivity index (χ1) is 32.7. The molecule has 14 aromatic rings. The van der Waals surface area contributed by atoms with E-state index in [4.69, 9.17) is 4.42 Å². The molecule has 0 unspecified atom stereocenters. The van der Waals surface area contributed by atoms with Gasteiger partial charge in [0.15, 0.2) is 0 Å². The Balaban J connectivity index is 1.01. The molecule has 13 aromatic carbocycles. The molecule has 0 aliphatic carbocycles. The van der Waals surface area contributed by atoms with Crippen molar-refractivity contribution in [3.63, 3.8) is 0 Å². The first-order valence-electron chi connectivity index (χ1n) is 22.7. The van der Waals surface area contributed by atoms with Crippen molar-refractivity contribution in [1.29, 1.82) is 0 Å². The van der Waals surface area contributed by atoms with Gasteiger partial charge in [-0.2, -0.15) is 0 Å². The number of furan rings is 1. The van der Waals surface area contributed by atoms with Gasteiger partial charge in [0.1, 0.15) is 11.2 Å². The van der Waals surface area contributed by atoms with Gasteiger partial charge in [0.25, 0.3) is 0 Å². The second-order valence-corrected chi connectivity index (χ2v) is 17.6. The molecule has 1 heterocycles. The highest BCUT2D eigenvalue weighted by Crippen LogP contribution is 2.47. The number of hydrogen-bond acceptors (Lipinski definition) is 2. The smallest absolute Gasteiger partial charge is 0.135 e. The number of hydrogen-bond donors (Lipinski definition) is 0. The average Bonchev–Trinajstić information content (AvgIpc) is 3.76. The maximum absolute atomic E-state index is 6.24. The van der Waals surface area contributed by atoms with E-state index in [0.717, 1.165) is 50.1 Å². The van der Waals surface area contributed by atoms with Gasteiger partial charge in [-0.05, 0) is 153 Å². The Morgan fingerprint density at radius 3 is 1.36 bits per heavy atom. The standard InChI is InChI=1S/C64H39NO/c1-2-10-40(11-3-1)41-22-24-42(25-23-41)43-30-33-50(34-31-43)65(51-16-6-15-47(36-51)48-32-35-60-57(38-48)53-17-4-5-21-59(53)66-60)52-37-49-29-28-46-13-8-19-55-54-18-7-12-44-26-27-45-14-9-20-56(63(45)61(44)54)58(39-52)64(49)62(46)55/h1-39H. The van der Waals surface area contributed by atoms with Crippen molar-refractivity contribution < 1.29 is 4.42 Å². The maximum Gasteiger partial charge on any atom is 0.135 e. The van der Waals surface area contributed by atoms with E-state index < -0.39 is 0 Å². The molecule has 0 amide bonds. The van der Waals surface area contributed by atoms with Crippen molar-refractivity contribution >= 4 is 104 Å². The van der Waals surface area contributed by atoms with Crippen LogP contribution in [-0.4, -0.2) is 0 Å². The van der Waals surface area contributed by atoms with Gasteiger partial charge in [0, 0.05) is 27.8 Å². The van der Waals surface area contributed by atoms with Crippen molar-refractivity contribution in [1.82, 2.24) is 0 Å². The van der Waals surface area contributed by atoms with Gasteiger partial charge < -0.3 is 9.32 Å². The van der Waals surface area contributed by atoms with Gasteiger partial charge in [0.05, 0.1) is 0 Å². The van der Waals surface area contributed by atoms with Crippen LogP contribution < -0.4 is 4.90 Å². The van der Waals surface area contributed by atoms with Crippen LogP contribution in [0.25, 0.3) is 120 Å². The van der Waals surface area contributed by atoms with Crippen molar-refractivity contribution in [3.8, 4) is 33.4 Å². The molecule has 0 N–H and O–H groups in total. The third-order valence-electron chi connectivity index (χ3n) is 13.9. The summed E-state index contributed by atoms with van der Waals surface area (Å²) in [7, 11) is 0. The van der Waals surface area contributed by atoms with Gasteiger partial charge in [-0.25, -0.2) is 0 Å². The fourth-order valence-electron chi connectivity index (χ4n) is 10.9. The van der Waals surface area contributed by atoms with Crippen LogP contribution in [0.1, 0.15) is 0 Å². The highest BCUT2D eigenvalue weighted by Gasteiger charge is 2.20. The molecule has 306 valence electrons. The maximum atomic E-state index is 6.24. The van der Waals surface area contributed by atoms with Crippen LogP contribution >= 0.6 is 0 Å². The van der Waals surface area contributed by atoms with E-state index in [1.54, 1.807) is 0 Å². The molecule has 0 spiro atoms. The molecule has 0 saturated heterocycles. The Morgan fingerprint density at radius 2 is 0.697 bits per heavy atom. The number of nitrogens with zero attached hydrogens (tertiary/aromatic N) is 1. The van der Waals surface area contributed by atoms with E-state index in [9.17, 15) is 0 Å². The highest BCUT2D eigenvalue weighted by atomic mass is 16.3. The number of rotatable bonds is 6.